The summed E-state index contributed by atoms with van der Waals surface area (Å²) in [5.41, 5.74) is 1.26. The Bertz CT molecular complexity index is 1470. The fourth-order valence-electron chi connectivity index (χ4n) is 7.86. The van der Waals surface area contributed by atoms with Crippen LogP contribution in [-0.4, -0.2) is 46.7 Å². The molecule has 3 aromatic rings. The first kappa shape index (κ1) is 26.5. The molecule has 42 heavy (non-hydrogen) atoms. The number of carbonyl (C=O) groups excluding carboxylic acids is 1. The molecular formula is C32H36F2N4O4. The Morgan fingerprint density at radius 3 is 2.55 bits per heavy atom. The van der Waals surface area contributed by atoms with E-state index in [0.717, 1.165) is 75.1 Å². The number of hydrogen-bond donors (Lipinski definition) is 0. The van der Waals surface area contributed by atoms with E-state index in [1.807, 2.05) is 24.3 Å². The van der Waals surface area contributed by atoms with Gasteiger partial charge in [-0.05, 0) is 75.3 Å². The molecule has 0 atom stereocenters. The molecule has 4 saturated carbocycles. The van der Waals surface area contributed by atoms with Gasteiger partial charge < -0.3 is 18.6 Å². The molecule has 10 heteroatoms. The third-order valence-corrected chi connectivity index (χ3v) is 10.6. The number of amides is 1. The van der Waals surface area contributed by atoms with Crippen molar-refractivity contribution in [2.45, 2.75) is 93.8 Å². The summed E-state index contributed by atoms with van der Waals surface area (Å²) in [5, 5.41) is 4.28. The Morgan fingerprint density at radius 1 is 1.02 bits per heavy atom. The number of halogens is 2. The van der Waals surface area contributed by atoms with Crippen molar-refractivity contribution in [1.82, 2.24) is 15.1 Å². The number of fused-ring (bicyclic) bond motifs is 2. The number of rotatable bonds is 8. The zero-order valence-electron chi connectivity index (χ0n) is 23.7. The second kappa shape index (κ2) is 9.69. The Kier molecular flexibility index (Phi) is 6.11. The van der Waals surface area contributed by atoms with Crippen LogP contribution in [0.1, 0.15) is 100 Å². The van der Waals surface area contributed by atoms with E-state index >= 15 is 0 Å². The van der Waals surface area contributed by atoms with Crippen LogP contribution in [-0.2, 0) is 14.9 Å². The molecule has 0 radical (unpaired) electrons. The highest BCUT2D eigenvalue weighted by molar-refractivity contribution is 5.96. The zero-order valence-corrected chi connectivity index (χ0v) is 23.7. The van der Waals surface area contributed by atoms with Crippen molar-refractivity contribution in [2.75, 3.05) is 24.7 Å². The van der Waals surface area contributed by atoms with Gasteiger partial charge in [-0.1, -0.05) is 17.3 Å². The van der Waals surface area contributed by atoms with Crippen LogP contribution in [0.25, 0.3) is 11.3 Å². The average Bonchev–Trinajstić information content (AvgIpc) is 3.37. The van der Waals surface area contributed by atoms with Gasteiger partial charge in [0.1, 0.15) is 0 Å². The summed E-state index contributed by atoms with van der Waals surface area (Å²) in [6.07, 6.45) is 9.59. The maximum Gasteiger partial charge on any atom is 0.249 e. The van der Waals surface area contributed by atoms with Crippen molar-refractivity contribution >= 4 is 11.6 Å². The Balaban J connectivity index is 1.07. The van der Waals surface area contributed by atoms with Crippen molar-refractivity contribution in [3.63, 3.8) is 0 Å². The highest BCUT2D eigenvalue weighted by Crippen LogP contribution is 2.62. The lowest BCUT2D eigenvalue weighted by molar-refractivity contribution is -0.148. The van der Waals surface area contributed by atoms with Gasteiger partial charge in [-0.3, -0.25) is 4.79 Å². The number of aromatic nitrogens is 3. The summed E-state index contributed by atoms with van der Waals surface area (Å²) in [4.78, 5) is 25.0. The lowest BCUT2D eigenvalue weighted by atomic mass is 9.78. The molecule has 1 aromatic carbocycles. The first-order valence-electron chi connectivity index (χ1n) is 15.5. The Labute approximate surface area is 243 Å². The maximum atomic E-state index is 13.9. The van der Waals surface area contributed by atoms with E-state index in [2.05, 4.69) is 10.1 Å². The topological polar surface area (TPSA) is 94.5 Å². The van der Waals surface area contributed by atoms with Gasteiger partial charge in [0.2, 0.25) is 17.7 Å². The highest BCUT2D eigenvalue weighted by Gasteiger charge is 2.59. The molecule has 0 spiro atoms. The van der Waals surface area contributed by atoms with E-state index in [0.29, 0.717) is 43.0 Å². The van der Waals surface area contributed by atoms with Gasteiger partial charge in [-0.2, -0.15) is 4.98 Å². The summed E-state index contributed by atoms with van der Waals surface area (Å²) in [6.45, 7) is 1.89. The van der Waals surface area contributed by atoms with Crippen LogP contribution in [0.5, 0.6) is 0 Å². The average molecular weight is 579 g/mol. The van der Waals surface area contributed by atoms with Crippen LogP contribution < -0.4 is 4.90 Å². The van der Waals surface area contributed by atoms with Gasteiger partial charge in [0.25, 0.3) is 0 Å². The van der Waals surface area contributed by atoms with Crippen molar-refractivity contribution in [3.05, 3.63) is 48.1 Å². The predicted octanol–water partition coefficient (Wildman–Crippen LogP) is 6.78. The smallest absolute Gasteiger partial charge is 0.249 e. The number of oxazole rings is 1. The number of anilines is 1. The molecule has 1 saturated heterocycles. The molecule has 2 aromatic heterocycles. The number of ether oxygens (including phenoxy) is 1. The van der Waals surface area contributed by atoms with Gasteiger partial charge in [0.05, 0.1) is 11.6 Å². The van der Waals surface area contributed by atoms with Gasteiger partial charge in [0, 0.05) is 61.6 Å². The van der Waals surface area contributed by atoms with Gasteiger partial charge >= 0.3 is 0 Å². The molecule has 5 fully saturated rings. The van der Waals surface area contributed by atoms with Crippen molar-refractivity contribution in [1.29, 1.82) is 0 Å². The normalized spacial score (nSPS) is 29.1. The largest absolute Gasteiger partial charge is 0.440 e. The minimum absolute atomic E-state index is 0.116. The molecule has 222 valence electrons. The fraction of sp³-hybridized carbons (Fsp3) is 0.625. The molecular weight excluding hydrogens is 542 g/mol. The summed E-state index contributed by atoms with van der Waals surface area (Å²) in [6, 6.07) is 7.69. The van der Waals surface area contributed by atoms with Crippen LogP contribution in [0.2, 0.25) is 0 Å². The summed E-state index contributed by atoms with van der Waals surface area (Å²) in [5.74, 6) is -0.0598. The molecule has 0 unspecified atom stereocenters. The predicted molar refractivity (Wildman–Crippen MR) is 148 cm³/mol. The lowest BCUT2D eigenvalue weighted by Crippen LogP contribution is -2.49. The monoisotopic (exact) mass is 578 g/mol. The quantitative estimate of drug-likeness (QED) is 0.291. The summed E-state index contributed by atoms with van der Waals surface area (Å²) >= 11 is 0. The summed E-state index contributed by atoms with van der Waals surface area (Å²) < 4.78 is 45.2. The van der Waals surface area contributed by atoms with E-state index < -0.39 is 11.8 Å². The van der Waals surface area contributed by atoms with E-state index in [4.69, 9.17) is 18.7 Å². The standard InChI is InChI=1S/C32H36F2N4O4/c33-32(34)15-23(16-32)28(39)38(19-30-8-10-31(18-30,11-9-30)29-36-26(37-42-29)20-4-5-20)24-3-1-2-22(14-24)25-17-35-27(41-25)21-6-12-40-13-7-21/h1-3,14,17,20-21,23H,4-13,15-16,18-19H2. The van der Waals surface area contributed by atoms with E-state index in [9.17, 15) is 13.6 Å². The number of alkyl halides is 2. The number of nitrogens with zero attached hydrogens (tertiary/aromatic N) is 4. The highest BCUT2D eigenvalue weighted by atomic mass is 19.3. The van der Waals surface area contributed by atoms with Crippen molar-refractivity contribution in [3.8, 4) is 11.3 Å². The Hall–Kier alpha value is -3.14. The number of hydrogen-bond acceptors (Lipinski definition) is 7. The van der Waals surface area contributed by atoms with Crippen LogP contribution >= 0.6 is 0 Å². The molecule has 1 aliphatic heterocycles. The fourth-order valence-corrected chi connectivity index (χ4v) is 7.86. The van der Waals surface area contributed by atoms with E-state index in [-0.39, 0.29) is 35.5 Å². The third kappa shape index (κ3) is 4.66. The molecule has 2 bridgehead atoms. The van der Waals surface area contributed by atoms with E-state index in [1.165, 1.54) is 0 Å². The van der Waals surface area contributed by atoms with Gasteiger partial charge in [-0.25, -0.2) is 13.8 Å². The summed E-state index contributed by atoms with van der Waals surface area (Å²) in [7, 11) is 0. The first-order chi connectivity index (χ1) is 20.3. The minimum Gasteiger partial charge on any atom is -0.440 e. The molecule has 0 N–H and O–H groups in total. The number of carbonyl (C=O) groups is 1. The van der Waals surface area contributed by atoms with Crippen molar-refractivity contribution in [2.24, 2.45) is 11.3 Å². The lowest BCUT2D eigenvalue weighted by Gasteiger charge is -2.40. The Morgan fingerprint density at radius 2 is 1.81 bits per heavy atom. The van der Waals surface area contributed by atoms with Crippen LogP contribution in [0.3, 0.4) is 0 Å². The van der Waals surface area contributed by atoms with Gasteiger partial charge in [-0.15, -0.1) is 0 Å². The van der Waals surface area contributed by atoms with Crippen LogP contribution in [0.15, 0.2) is 39.4 Å². The number of benzene rings is 1. The van der Waals surface area contributed by atoms with Crippen LogP contribution in [0, 0.1) is 11.3 Å². The maximum absolute atomic E-state index is 13.9. The van der Waals surface area contributed by atoms with E-state index in [1.54, 1.807) is 11.1 Å². The molecule has 5 aliphatic rings. The molecule has 3 heterocycles. The minimum atomic E-state index is -2.76. The molecule has 1 amide bonds. The molecule has 4 aliphatic carbocycles. The second-order valence-electron chi connectivity index (χ2n) is 13.6. The zero-order chi connectivity index (χ0) is 28.5. The molecule has 8 rings (SSSR count). The molecule has 8 nitrogen and oxygen atoms in total. The second-order valence-corrected chi connectivity index (χ2v) is 13.6. The van der Waals surface area contributed by atoms with Crippen LogP contribution in [0.4, 0.5) is 14.5 Å². The third-order valence-electron chi connectivity index (χ3n) is 10.6. The van der Waals surface area contributed by atoms with Gasteiger partial charge in [0.15, 0.2) is 17.5 Å². The SMILES string of the molecule is O=C(C1CC(F)(F)C1)N(CC12CCC(c3nc(C4CC4)no3)(CC1)C2)c1cccc(-c2cnc(C3CCOCC3)o2)c1. The van der Waals surface area contributed by atoms with Crippen molar-refractivity contribution < 1.29 is 27.3 Å². The first-order valence-corrected chi connectivity index (χ1v) is 15.5.